The molecule has 2 amide bonds. The van der Waals surface area contributed by atoms with E-state index in [1.807, 2.05) is 0 Å². The molecule has 6 nitrogen and oxygen atoms in total. The average molecular weight is 274 g/mol. The fraction of sp³-hybridized carbons (Fsp3) is 0.727. The first-order chi connectivity index (χ1) is 8.49. The number of thioether (sulfide) groups is 1. The van der Waals surface area contributed by atoms with Crippen molar-refractivity contribution in [1.82, 2.24) is 10.6 Å². The molecular weight excluding hydrogens is 256 g/mol. The van der Waals surface area contributed by atoms with E-state index in [2.05, 4.69) is 10.6 Å². The Balaban J connectivity index is 2.14. The van der Waals surface area contributed by atoms with Crippen molar-refractivity contribution in [2.75, 3.05) is 18.1 Å². The third-order valence-electron chi connectivity index (χ3n) is 2.48. The number of nitrogens with one attached hydrogen (secondary N) is 2. The Labute approximate surface area is 110 Å². The van der Waals surface area contributed by atoms with Gasteiger partial charge >= 0.3 is 5.97 Å². The summed E-state index contributed by atoms with van der Waals surface area (Å²) >= 11 is 1.20. The Bertz CT molecular complexity index is 331. The van der Waals surface area contributed by atoms with Crippen LogP contribution < -0.4 is 10.6 Å². The molecule has 1 aliphatic carbocycles. The van der Waals surface area contributed by atoms with E-state index in [1.165, 1.54) is 31.5 Å². The first-order valence-electron chi connectivity index (χ1n) is 5.83. The minimum atomic E-state index is -1.09. The largest absolute Gasteiger partial charge is 0.480 e. The first kappa shape index (κ1) is 14.8. The number of carbonyl (C=O) groups is 3. The summed E-state index contributed by atoms with van der Waals surface area (Å²) in [5.41, 5.74) is 0. The molecule has 1 atom stereocenters. The van der Waals surface area contributed by atoms with Crippen LogP contribution in [0.25, 0.3) is 0 Å². The molecule has 1 aliphatic rings. The van der Waals surface area contributed by atoms with E-state index in [1.54, 1.807) is 0 Å². The van der Waals surface area contributed by atoms with E-state index in [-0.39, 0.29) is 23.3 Å². The van der Waals surface area contributed by atoms with Crippen molar-refractivity contribution in [3.63, 3.8) is 0 Å². The molecule has 0 aromatic carbocycles. The third kappa shape index (κ3) is 6.48. The van der Waals surface area contributed by atoms with Gasteiger partial charge in [-0.1, -0.05) is 0 Å². The number of carboxylic acid groups (broad SMARTS) is 1. The van der Waals surface area contributed by atoms with E-state index in [0.717, 1.165) is 0 Å². The number of amides is 2. The molecule has 102 valence electrons. The van der Waals surface area contributed by atoms with Gasteiger partial charge in [0.05, 0.1) is 5.75 Å². The van der Waals surface area contributed by atoms with Crippen LogP contribution in [-0.2, 0) is 14.4 Å². The first-order valence-corrected chi connectivity index (χ1v) is 6.99. The summed E-state index contributed by atoms with van der Waals surface area (Å²) in [4.78, 5) is 33.0. The Morgan fingerprint density at radius 2 is 2.06 bits per heavy atom. The molecular formula is C11H18N2O4S. The summed E-state index contributed by atoms with van der Waals surface area (Å²) in [6.07, 6.45) is 2.36. The Hall–Kier alpha value is -1.24. The molecule has 0 bridgehead atoms. The molecule has 0 saturated heterocycles. The number of aliphatic carboxylic acids is 1. The van der Waals surface area contributed by atoms with Gasteiger partial charge in [0, 0.05) is 19.2 Å². The molecule has 0 radical (unpaired) electrons. The van der Waals surface area contributed by atoms with Gasteiger partial charge in [-0.25, -0.2) is 4.79 Å². The van der Waals surface area contributed by atoms with E-state index < -0.39 is 12.0 Å². The lowest BCUT2D eigenvalue weighted by Gasteiger charge is -2.12. The maximum Gasteiger partial charge on any atom is 0.327 e. The fourth-order valence-electron chi connectivity index (χ4n) is 1.32. The van der Waals surface area contributed by atoms with Crippen LogP contribution in [0.2, 0.25) is 0 Å². The predicted molar refractivity (Wildman–Crippen MR) is 68.3 cm³/mol. The normalized spacial score (nSPS) is 15.8. The maximum atomic E-state index is 11.4. The van der Waals surface area contributed by atoms with Gasteiger partial charge in [0.2, 0.25) is 11.8 Å². The second-order valence-electron chi connectivity index (χ2n) is 4.35. The van der Waals surface area contributed by atoms with Crippen molar-refractivity contribution >= 4 is 29.5 Å². The van der Waals surface area contributed by atoms with Crippen molar-refractivity contribution in [2.45, 2.75) is 25.8 Å². The molecule has 0 aliphatic heterocycles. The van der Waals surface area contributed by atoms with E-state index in [0.29, 0.717) is 12.5 Å². The number of hydrogen-bond donors (Lipinski definition) is 3. The topological polar surface area (TPSA) is 95.5 Å². The van der Waals surface area contributed by atoms with Crippen molar-refractivity contribution in [3.05, 3.63) is 0 Å². The molecule has 1 rings (SSSR count). The summed E-state index contributed by atoms with van der Waals surface area (Å²) in [7, 11) is 0. The lowest BCUT2D eigenvalue weighted by molar-refractivity contribution is -0.140. The van der Waals surface area contributed by atoms with Crippen LogP contribution in [0.3, 0.4) is 0 Å². The van der Waals surface area contributed by atoms with Crippen molar-refractivity contribution in [1.29, 1.82) is 0 Å². The molecule has 0 aromatic heterocycles. The summed E-state index contributed by atoms with van der Waals surface area (Å²) in [5, 5.41) is 14.0. The zero-order valence-electron chi connectivity index (χ0n) is 10.3. The Morgan fingerprint density at radius 1 is 1.39 bits per heavy atom. The van der Waals surface area contributed by atoms with Crippen LogP contribution >= 0.6 is 11.8 Å². The van der Waals surface area contributed by atoms with Crippen molar-refractivity contribution in [3.8, 4) is 0 Å². The summed E-state index contributed by atoms with van der Waals surface area (Å²) in [6.45, 7) is 1.98. The molecule has 3 N–H and O–H groups in total. The second kappa shape index (κ2) is 7.25. The minimum absolute atomic E-state index is 0.0844. The average Bonchev–Trinajstić information content (AvgIpc) is 3.08. The number of rotatable bonds is 8. The molecule has 0 heterocycles. The zero-order chi connectivity index (χ0) is 13.5. The molecule has 0 unspecified atom stereocenters. The quantitative estimate of drug-likeness (QED) is 0.571. The molecule has 7 heteroatoms. The Kier molecular flexibility index (Phi) is 5.97. The summed E-state index contributed by atoms with van der Waals surface area (Å²) in [6, 6.07) is -0.941. The molecule has 1 fully saturated rings. The van der Waals surface area contributed by atoms with Crippen molar-refractivity contribution < 1.29 is 19.5 Å². The lowest BCUT2D eigenvalue weighted by Crippen LogP contribution is -2.41. The smallest absolute Gasteiger partial charge is 0.327 e. The highest BCUT2D eigenvalue weighted by Gasteiger charge is 2.22. The monoisotopic (exact) mass is 274 g/mol. The predicted octanol–water partition coefficient (Wildman–Crippen LogP) is -0.165. The minimum Gasteiger partial charge on any atom is -0.480 e. The standard InChI is InChI=1S/C11H18N2O4S/c1-7(14)13-9(11(16)17)5-18-6-10(15)12-4-8-2-3-8/h8-9H,2-6H2,1H3,(H,12,15)(H,13,14)(H,16,17)/t9-/m0/s1. The highest BCUT2D eigenvalue weighted by Crippen LogP contribution is 2.27. The van der Waals surface area contributed by atoms with Crippen LogP contribution in [0.4, 0.5) is 0 Å². The van der Waals surface area contributed by atoms with E-state index in [4.69, 9.17) is 5.11 Å². The van der Waals surface area contributed by atoms with Crippen molar-refractivity contribution in [2.24, 2.45) is 5.92 Å². The highest BCUT2D eigenvalue weighted by molar-refractivity contribution is 8.00. The number of carbonyl (C=O) groups excluding carboxylic acids is 2. The maximum absolute atomic E-state index is 11.4. The van der Waals surface area contributed by atoms with Gasteiger partial charge in [-0.15, -0.1) is 11.8 Å². The van der Waals surface area contributed by atoms with Gasteiger partial charge in [-0.05, 0) is 18.8 Å². The SMILES string of the molecule is CC(=O)N[C@@H](CSCC(=O)NCC1CC1)C(=O)O. The molecule has 0 spiro atoms. The molecule has 18 heavy (non-hydrogen) atoms. The van der Waals surface area contributed by atoms with E-state index >= 15 is 0 Å². The van der Waals surface area contributed by atoms with Crippen LogP contribution in [-0.4, -0.2) is 47.0 Å². The van der Waals surface area contributed by atoms with Crippen LogP contribution in [0.1, 0.15) is 19.8 Å². The molecule has 1 saturated carbocycles. The Morgan fingerprint density at radius 3 is 2.56 bits per heavy atom. The van der Waals surface area contributed by atoms with Crippen LogP contribution in [0.15, 0.2) is 0 Å². The third-order valence-corrected chi connectivity index (χ3v) is 3.51. The van der Waals surface area contributed by atoms with Gasteiger partial charge in [0.25, 0.3) is 0 Å². The van der Waals surface area contributed by atoms with Gasteiger partial charge in [0.1, 0.15) is 6.04 Å². The van der Waals surface area contributed by atoms with Crippen LogP contribution in [0.5, 0.6) is 0 Å². The van der Waals surface area contributed by atoms with Crippen LogP contribution in [0, 0.1) is 5.92 Å². The van der Waals surface area contributed by atoms with Gasteiger partial charge in [-0.2, -0.15) is 0 Å². The summed E-state index contributed by atoms with van der Waals surface area (Å²) in [5.74, 6) is -0.525. The molecule has 0 aromatic rings. The number of hydrogen-bond acceptors (Lipinski definition) is 4. The summed E-state index contributed by atoms with van der Waals surface area (Å²) < 4.78 is 0. The lowest BCUT2D eigenvalue weighted by atomic mass is 10.3. The zero-order valence-corrected chi connectivity index (χ0v) is 11.1. The van der Waals surface area contributed by atoms with Gasteiger partial charge in [-0.3, -0.25) is 9.59 Å². The van der Waals surface area contributed by atoms with Gasteiger partial charge < -0.3 is 15.7 Å². The second-order valence-corrected chi connectivity index (χ2v) is 5.38. The van der Waals surface area contributed by atoms with E-state index in [9.17, 15) is 14.4 Å². The fourth-order valence-corrected chi connectivity index (χ4v) is 2.19. The van der Waals surface area contributed by atoms with Gasteiger partial charge in [0.15, 0.2) is 0 Å². The highest BCUT2D eigenvalue weighted by atomic mass is 32.2. The number of carboxylic acids is 1.